The van der Waals surface area contributed by atoms with Crippen LogP contribution in [0.5, 0.6) is 5.75 Å². The lowest BCUT2D eigenvalue weighted by Crippen LogP contribution is -2.12. The standard InChI is InChI=1S/C19H19NO/c20-16-7-8-17-13(5-6-14(17)12-16)11-15-9-10-21-19-4-2-1-3-18(15)19/h1-4,7-8,11-12,15H,5-6,9-10,20H2/b13-11+. The highest BCUT2D eigenvalue weighted by Gasteiger charge is 2.22. The number of aryl methyl sites for hydroxylation is 1. The molecule has 106 valence electrons. The van der Waals surface area contributed by atoms with Gasteiger partial charge in [-0.15, -0.1) is 0 Å². The van der Waals surface area contributed by atoms with E-state index in [2.05, 4.69) is 36.4 Å². The Bertz CT molecular complexity index is 717. The molecule has 2 heteroatoms. The number of nitrogens with two attached hydrogens (primary N) is 1. The number of fused-ring (bicyclic) bond motifs is 2. The van der Waals surface area contributed by atoms with Gasteiger partial charge in [0, 0.05) is 17.2 Å². The van der Waals surface area contributed by atoms with Crippen molar-refractivity contribution in [1.82, 2.24) is 0 Å². The third-order valence-corrected chi connectivity index (χ3v) is 4.55. The number of allylic oxidation sites excluding steroid dienone is 2. The van der Waals surface area contributed by atoms with Crippen LogP contribution >= 0.6 is 0 Å². The van der Waals surface area contributed by atoms with Gasteiger partial charge in [0.2, 0.25) is 0 Å². The topological polar surface area (TPSA) is 35.2 Å². The summed E-state index contributed by atoms with van der Waals surface area (Å²) in [5, 5.41) is 0. The lowest BCUT2D eigenvalue weighted by atomic mass is 9.90. The highest BCUT2D eigenvalue weighted by atomic mass is 16.5. The van der Waals surface area contributed by atoms with Crippen molar-refractivity contribution in [1.29, 1.82) is 0 Å². The zero-order valence-electron chi connectivity index (χ0n) is 12.0. The zero-order valence-corrected chi connectivity index (χ0v) is 12.0. The molecule has 1 atom stereocenters. The van der Waals surface area contributed by atoms with Crippen molar-refractivity contribution < 1.29 is 4.74 Å². The van der Waals surface area contributed by atoms with Crippen molar-refractivity contribution in [3.8, 4) is 5.75 Å². The predicted molar refractivity (Wildman–Crippen MR) is 86.4 cm³/mol. The molecule has 0 fully saturated rings. The molecule has 0 spiro atoms. The summed E-state index contributed by atoms with van der Waals surface area (Å²) < 4.78 is 5.76. The van der Waals surface area contributed by atoms with Crippen LogP contribution in [0.3, 0.4) is 0 Å². The van der Waals surface area contributed by atoms with Gasteiger partial charge in [-0.2, -0.15) is 0 Å². The van der Waals surface area contributed by atoms with E-state index in [4.69, 9.17) is 10.5 Å². The van der Waals surface area contributed by atoms with Crippen LogP contribution in [0.25, 0.3) is 5.57 Å². The Kier molecular flexibility index (Phi) is 2.95. The van der Waals surface area contributed by atoms with Crippen molar-refractivity contribution in [3.63, 3.8) is 0 Å². The molecule has 21 heavy (non-hydrogen) atoms. The minimum atomic E-state index is 0.466. The summed E-state index contributed by atoms with van der Waals surface area (Å²) in [5.74, 6) is 1.51. The van der Waals surface area contributed by atoms with E-state index in [1.165, 1.54) is 22.3 Å². The monoisotopic (exact) mass is 277 g/mol. The van der Waals surface area contributed by atoms with Gasteiger partial charge >= 0.3 is 0 Å². The quantitative estimate of drug-likeness (QED) is 0.794. The number of benzene rings is 2. The van der Waals surface area contributed by atoms with Crippen LogP contribution in [0.4, 0.5) is 5.69 Å². The number of anilines is 1. The average Bonchev–Trinajstić information content (AvgIpc) is 2.90. The molecule has 2 N–H and O–H groups in total. The Hall–Kier alpha value is -2.22. The van der Waals surface area contributed by atoms with Crippen molar-refractivity contribution in [2.24, 2.45) is 0 Å². The summed E-state index contributed by atoms with van der Waals surface area (Å²) in [6.45, 7) is 0.806. The molecule has 0 saturated carbocycles. The maximum atomic E-state index is 5.89. The van der Waals surface area contributed by atoms with Crippen LogP contribution in [-0.2, 0) is 6.42 Å². The first kappa shape index (κ1) is 12.5. The van der Waals surface area contributed by atoms with E-state index < -0.39 is 0 Å². The molecule has 2 aromatic rings. The second-order valence-electron chi connectivity index (χ2n) is 5.89. The summed E-state index contributed by atoms with van der Waals surface area (Å²) in [6, 6.07) is 14.7. The van der Waals surface area contributed by atoms with E-state index in [9.17, 15) is 0 Å². The maximum absolute atomic E-state index is 5.89. The molecule has 0 bridgehead atoms. The summed E-state index contributed by atoms with van der Waals surface area (Å²) in [6.07, 6.45) is 5.74. The van der Waals surface area contributed by atoms with Gasteiger partial charge in [-0.25, -0.2) is 0 Å². The second kappa shape index (κ2) is 4.96. The number of hydrogen-bond acceptors (Lipinski definition) is 2. The van der Waals surface area contributed by atoms with Crippen molar-refractivity contribution in [3.05, 3.63) is 65.2 Å². The second-order valence-corrected chi connectivity index (χ2v) is 5.89. The van der Waals surface area contributed by atoms with Gasteiger partial charge in [-0.1, -0.05) is 30.3 Å². The van der Waals surface area contributed by atoms with Crippen molar-refractivity contribution in [2.75, 3.05) is 12.3 Å². The van der Waals surface area contributed by atoms with Crippen LogP contribution in [0.2, 0.25) is 0 Å². The Balaban J connectivity index is 1.72. The van der Waals surface area contributed by atoms with Crippen molar-refractivity contribution >= 4 is 11.3 Å². The van der Waals surface area contributed by atoms with E-state index >= 15 is 0 Å². The van der Waals surface area contributed by atoms with Gasteiger partial charge < -0.3 is 10.5 Å². The van der Waals surface area contributed by atoms with Crippen LogP contribution in [-0.4, -0.2) is 6.61 Å². The van der Waals surface area contributed by atoms with E-state index in [1.54, 1.807) is 0 Å². The smallest absolute Gasteiger partial charge is 0.123 e. The molecule has 0 saturated heterocycles. The van der Waals surface area contributed by atoms with Crippen LogP contribution < -0.4 is 10.5 Å². The van der Waals surface area contributed by atoms with Gasteiger partial charge in [0.15, 0.2) is 0 Å². The number of hydrogen-bond donors (Lipinski definition) is 1. The first-order valence-corrected chi connectivity index (χ1v) is 7.62. The van der Waals surface area contributed by atoms with Crippen LogP contribution in [0.15, 0.2) is 48.5 Å². The third-order valence-electron chi connectivity index (χ3n) is 4.55. The van der Waals surface area contributed by atoms with Crippen LogP contribution in [0, 0.1) is 0 Å². The molecule has 0 amide bonds. The Morgan fingerprint density at radius 2 is 2.00 bits per heavy atom. The maximum Gasteiger partial charge on any atom is 0.123 e. The Morgan fingerprint density at radius 3 is 2.95 bits per heavy atom. The Labute approximate surface area is 125 Å². The fourth-order valence-corrected chi connectivity index (χ4v) is 3.50. The highest BCUT2D eigenvalue weighted by molar-refractivity contribution is 5.75. The fraction of sp³-hybridized carbons (Fsp3) is 0.263. The normalized spacial score (nSPS) is 21.7. The van der Waals surface area contributed by atoms with Gasteiger partial charge in [0.25, 0.3) is 0 Å². The SMILES string of the molecule is Nc1ccc2c(c1)CC/C2=C\C1CCOc2ccccc21. The molecule has 2 nitrogen and oxygen atoms in total. The molecular formula is C19H19NO. The summed E-state index contributed by atoms with van der Waals surface area (Å²) in [4.78, 5) is 0. The lowest BCUT2D eigenvalue weighted by Gasteiger charge is -2.24. The third kappa shape index (κ3) is 2.21. The first-order chi connectivity index (χ1) is 10.3. The van der Waals surface area contributed by atoms with Gasteiger partial charge in [0.05, 0.1) is 6.61 Å². The number of para-hydroxylation sites is 1. The molecule has 1 heterocycles. The largest absolute Gasteiger partial charge is 0.493 e. The summed E-state index contributed by atoms with van der Waals surface area (Å²) in [7, 11) is 0. The van der Waals surface area contributed by atoms with Gasteiger partial charge in [-0.05, 0) is 54.2 Å². The first-order valence-electron chi connectivity index (χ1n) is 7.62. The minimum Gasteiger partial charge on any atom is -0.493 e. The Morgan fingerprint density at radius 1 is 1.10 bits per heavy atom. The highest BCUT2D eigenvalue weighted by Crippen LogP contribution is 2.40. The molecule has 1 aliphatic heterocycles. The number of ether oxygens (including phenoxy) is 1. The fourth-order valence-electron chi connectivity index (χ4n) is 3.50. The molecule has 4 rings (SSSR count). The number of rotatable bonds is 1. The number of nitrogen functional groups attached to an aromatic ring is 1. The van der Waals surface area contributed by atoms with Crippen molar-refractivity contribution in [2.45, 2.75) is 25.2 Å². The minimum absolute atomic E-state index is 0.466. The van der Waals surface area contributed by atoms with E-state index in [0.717, 1.165) is 37.3 Å². The molecule has 0 aromatic heterocycles. The van der Waals surface area contributed by atoms with E-state index in [0.29, 0.717) is 5.92 Å². The predicted octanol–water partition coefficient (Wildman–Crippen LogP) is 4.16. The van der Waals surface area contributed by atoms with Crippen LogP contribution in [0.1, 0.15) is 35.4 Å². The zero-order chi connectivity index (χ0) is 14.2. The van der Waals surface area contributed by atoms with Gasteiger partial charge in [-0.3, -0.25) is 0 Å². The molecule has 2 aromatic carbocycles. The lowest BCUT2D eigenvalue weighted by molar-refractivity contribution is 0.279. The summed E-state index contributed by atoms with van der Waals surface area (Å²) in [5.41, 5.74) is 12.3. The molecular weight excluding hydrogens is 258 g/mol. The molecule has 1 unspecified atom stereocenters. The molecule has 2 aliphatic rings. The summed E-state index contributed by atoms with van der Waals surface area (Å²) >= 11 is 0. The van der Waals surface area contributed by atoms with E-state index in [1.807, 2.05) is 12.1 Å². The van der Waals surface area contributed by atoms with E-state index in [-0.39, 0.29) is 0 Å². The molecule has 1 aliphatic carbocycles. The van der Waals surface area contributed by atoms with Gasteiger partial charge in [0.1, 0.15) is 5.75 Å². The average molecular weight is 277 g/mol. The molecule has 0 radical (unpaired) electrons.